The standard InChI is InChI=1S/C24H30N4O3/c1-15-11-16(2)28(24(30)26-15)10-4-5-23(29)27-18-7-6-17(12-18)21-14-25-22-9-8-19(31-3)13-20(21)22/h8-9,11,13-14,17-18,25H,4-7,10,12H2,1-3H3,(H,27,29)/t17-,18+/m0/s1. The van der Waals surface area contributed by atoms with Crippen LogP contribution in [0.25, 0.3) is 10.9 Å². The van der Waals surface area contributed by atoms with E-state index in [1.165, 1.54) is 10.9 Å². The number of aromatic amines is 1. The average molecular weight is 423 g/mol. The van der Waals surface area contributed by atoms with Gasteiger partial charge in [-0.3, -0.25) is 9.36 Å². The van der Waals surface area contributed by atoms with Gasteiger partial charge in [0.05, 0.1) is 7.11 Å². The fraction of sp³-hybridized carbons (Fsp3) is 0.458. The van der Waals surface area contributed by atoms with Crippen LogP contribution >= 0.6 is 0 Å². The molecule has 0 unspecified atom stereocenters. The molecule has 1 aliphatic carbocycles. The predicted molar refractivity (Wildman–Crippen MR) is 121 cm³/mol. The third-order valence-electron chi connectivity index (χ3n) is 6.29. The van der Waals surface area contributed by atoms with Gasteiger partial charge in [-0.1, -0.05) is 0 Å². The minimum Gasteiger partial charge on any atom is -0.497 e. The lowest BCUT2D eigenvalue weighted by molar-refractivity contribution is -0.121. The van der Waals surface area contributed by atoms with Crippen LogP contribution in [0.15, 0.2) is 35.3 Å². The second-order valence-corrected chi connectivity index (χ2v) is 8.51. The van der Waals surface area contributed by atoms with Gasteiger partial charge in [0.1, 0.15) is 5.75 Å². The number of carbonyl (C=O) groups is 1. The summed E-state index contributed by atoms with van der Waals surface area (Å²) in [6.45, 7) is 4.22. The lowest BCUT2D eigenvalue weighted by atomic mass is 9.97. The lowest BCUT2D eigenvalue weighted by Crippen LogP contribution is -2.33. The highest BCUT2D eigenvalue weighted by molar-refractivity contribution is 5.85. The van der Waals surface area contributed by atoms with Crippen molar-refractivity contribution >= 4 is 16.8 Å². The molecular formula is C24H30N4O3. The van der Waals surface area contributed by atoms with E-state index >= 15 is 0 Å². The van der Waals surface area contributed by atoms with Crippen LogP contribution in [0.5, 0.6) is 5.75 Å². The van der Waals surface area contributed by atoms with E-state index in [1.807, 2.05) is 32.0 Å². The molecular weight excluding hydrogens is 392 g/mol. The third kappa shape index (κ3) is 4.65. The lowest BCUT2D eigenvalue weighted by Gasteiger charge is -2.14. The molecule has 2 N–H and O–H groups in total. The van der Waals surface area contributed by atoms with Crippen molar-refractivity contribution in [2.75, 3.05) is 7.11 Å². The first kappa shape index (κ1) is 21.2. The molecule has 1 aromatic carbocycles. The minimum atomic E-state index is -0.244. The van der Waals surface area contributed by atoms with E-state index in [1.54, 1.807) is 11.7 Å². The summed E-state index contributed by atoms with van der Waals surface area (Å²) >= 11 is 0. The predicted octanol–water partition coefficient (Wildman–Crippen LogP) is 3.58. The number of nitrogens with zero attached hydrogens (tertiary/aromatic N) is 2. The van der Waals surface area contributed by atoms with Crippen LogP contribution in [0.1, 0.15) is 55.0 Å². The van der Waals surface area contributed by atoms with Crippen LogP contribution in [0, 0.1) is 13.8 Å². The van der Waals surface area contributed by atoms with Gasteiger partial charge in [-0.05, 0) is 75.3 Å². The maximum Gasteiger partial charge on any atom is 0.347 e. The Morgan fingerprint density at radius 3 is 2.90 bits per heavy atom. The second kappa shape index (κ2) is 8.96. The first-order valence-corrected chi connectivity index (χ1v) is 10.9. The summed E-state index contributed by atoms with van der Waals surface area (Å²) in [5, 5.41) is 4.39. The Labute approximate surface area is 181 Å². The van der Waals surface area contributed by atoms with Crippen LogP contribution < -0.4 is 15.7 Å². The highest BCUT2D eigenvalue weighted by atomic mass is 16.5. The smallest absolute Gasteiger partial charge is 0.347 e. The summed E-state index contributed by atoms with van der Waals surface area (Å²) < 4.78 is 7.01. The Kier molecular flexibility index (Phi) is 6.11. The molecule has 0 radical (unpaired) electrons. The zero-order chi connectivity index (χ0) is 22.0. The molecule has 0 bridgehead atoms. The van der Waals surface area contributed by atoms with E-state index in [4.69, 9.17) is 4.74 Å². The van der Waals surface area contributed by atoms with Crippen LogP contribution in [0.4, 0.5) is 0 Å². The maximum atomic E-state index is 12.5. The van der Waals surface area contributed by atoms with Crippen LogP contribution in [0.2, 0.25) is 0 Å². The molecule has 0 aliphatic heterocycles. The first-order chi connectivity index (χ1) is 14.9. The Bertz CT molecular complexity index is 1150. The van der Waals surface area contributed by atoms with Gasteiger partial charge in [0.15, 0.2) is 0 Å². The molecule has 31 heavy (non-hydrogen) atoms. The molecule has 7 nitrogen and oxygen atoms in total. The number of aryl methyl sites for hydroxylation is 2. The molecule has 3 aromatic rings. The van der Waals surface area contributed by atoms with Crippen molar-refractivity contribution in [3.63, 3.8) is 0 Å². The highest BCUT2D eigenvalue weighted by Gasteiger charge is 2.28. The van der Waals surface area contributed by atoms with Crippen LogP contribution in [-0.2, 0) is 11.3 Å². The Hall–Kier alpha value is -3.09. The van der Waals surface area contributed by atoms with Crippen molar-refractivity contribution < 1.29 is 9.53 Å². The quantitative estimate of drug-likeness (QED) is 0.609. The average Bonchev–Trinajstić information content (AvgIpc) is 3.35. The number of aromatic nitrogens is 3. The maximum absolute atomic E-state index is 12.5. The van der Waals surface area contributed by atoms with E-state index in [0.717, 1.165) is 41.9 Å². The van der Waals surface area contributed by atoms with Gasteiger partial charge in [0, 0.05) is 47.5 Å². The number of methoxy groups -OCH3 is 1. The SMILES string of the molecule is COc1ccc2[nH]cc([C@H]3CC[C@@H](NC(=O)CCCn4c(C)cc(C)nc4=O)C3)c2c1. The normalized spacial score (nSPS) is 18.4. The topological polar surface area (TPSA) is 89.0 Å². The number of carbonyl (C=O) groups excluding carboxylic acids is 1. The Morgan fingerprint density at radius 1 is 1.29 bits per heavy atom. The molecule has 1 amide bonds. The first-order valence-electron chi connectivity index (χ1n) is 10.9. The summed E-state index contributed by atoms with van der Waals surface area (Å²) in [6, 6.07) is 8.17. The molecule has 0 spiro atoms. The second-order valence-electron chi connectivity index (χ2n) is 8.51. The Morgan fingerprint density at radius 2 is 2.13 bits per heavy atom. The fourth-order valence-electron chi connectivity index (χ4n) is 4.73. The molecule has 1 aliphatic rings. The van der Waals surface area contributed by atoms with Gasteiger partial charge in [0.2, 0.25) is 5.91 Å². The van der Waals surface area contributed by atoms with Gasteiger partial charge in [-0.2, -0.15) is 4.98 Å². The number of hydrogen-bond acceptors (Lipinski definition) is 4. The zero-order valence-corrected chi connectivity index (χ0v) is 18.4. The summed E-state index contributed by atoms with van der Waals surface area (Å²) in [4.78, 5) is 31.8. The van der Waals surface area contributed by atoms with Gasteiger partial charge < -0.3 is 15.0 Å². The fourth-order valence-corrected chi connectivity index (χ4v) is 4.73. The van der Waals surface area contributed by atoms with Crippen molar-refractivity contribution in [2.24, 2.45) is 0 Å². The molecule has 7 heteroatoms. The molecule has 4 rings (SSSR count). The number of amides is 1. The number of benzene rings is 1. The molecule has 2 heterocycles. The van der Waals surface area contributed by atoms with Gasteiger partial charge in [-0.25, -0.2) is 4.79 Å². The van der Waals surface area contributed by atoms with Crippen LogP contribution in [0.3, 0.4) is 0 Å². The molecule has 2 aromatic heterocycles. The van der Waals surface area contributed by atoms with Gasteiger partial charge >= 0.3 is 5.69 Å². The molecule has 2 atom stereocenters. The summed E-state index contributed by atoms with van der Waals surface area (Å²) in [5.41, 5.74) is 3.77. The monoisotopic (exact) mass is 422 g/mol. The molecule has 164 valence electrons. The number of H-pyrrole nitrogens is 1. The molecule has 1 fully saturated rings. The summed E-state index contributed by atoms with van der Waals surface area (Å²) in [6.07, 6.45) is 6.10. The van der Waals surface area contributed by atoms with Crippen molar-refractivity contribution in [2.45, 2.75) is 64.5 Å². The number of ether oxygens (including phenoxy) is 1. The molecule has 0 saturated heterocycles. The Balaban J connectivity index is 1.30. The number of nitrogens with one attached hydrogen (secondary N) is 2. The van der Waals surface area contributed by atoms with Crippen molar-refractivity contribution in [3.8, 4) is 5.75 Å². The van der Waals surface area contributed by atoms with Gasteiger partial charge in [-0.15, -0.1) is 0 Å². The highest BCUT2D eigenvalue weighted by Crippen LogP contribution is 2.38. The number of rotatable bonds is 7. The number of fused-ring (bicyclic) bond motifs is 1. The molecule has 1 saturated carbocycles. The van der Waals surface area contributed by atoms with E-state index in [0.29, 0.717) is 25.3 Å². The van der Waals surface area contributed by atoms with E-state index in [2.05, 4.69) is 27.5 Å². The zero-order valence-electron chi connectivity index (χ0n) is 18.4. The summed E-state index contributed by atoms with van der Waals surface area (Å²) in [7, 11) is 1.68. The van der Waals surface area contributed by atoms with E-state index < -0.39 is 0 Å². The third-order valence-corrected chi connectivity index (χ3v) is 6.29. The van der Waals surface area contributed by atoms with Gasteiger partial charge in [0.25, 0.3) is 0 Å². The largest absolute Gasteiger partial charge is 0.497 e. The van der Waals surface area contributed by atoms with E-state index in [9.17, 15) is 9.59 Å². The van der Waals surface area contributed by atoms with Crippen molar-refractivity contribution in [3.05, 3.63) is 57.9 Å². The van der Waals surface area contributed by atoms with Crippen molar-refractivity contribution in [1.82, 2.24) is 19.9 Å². The van der Waals surface area contributed by atoms with Crippen molar-refractivity contribution in [1.29, 1.82) is 0 Å². The number of hydrogen-bond donors (Lipinski definition) is 2. The minimum absolute atomic E-state index is 0.0528. The van der Waals surface area contributed by atoms with Crippen LogP contribution in [-0.4, -0.2) is 33.6 Å². The van der Waals surface area contributed by atoms with E-state index in [-0.39, 0.29) is 17.6 Å². The summed E-state index contributed by atoms with van der Waals surface area (Å²) in [5.74, 6) is 1.33.